The van der Waals surface area contributed by atoms with Crippen LogP contribution in [-0.2, 0) is 32.5 Å². The molecule has 1 aromatic carbocycles. The number of amides is 1. The van der Waals surface area contributed by atoms with Crippen molar-refractivity contribution in [3.63, 3.8) is 0 Å². The number of carboxylic acids is 1. The van der Waals surface area contributed by atoms with Crippen LogP contribution in [-0.4, -0.2) is 61.2 Å². The third kappa shape index (κ3) is 5.18. The summed E-state index contributed by atoms with van der Waals surface area (Å²) < 4.78 is 31.7. The lowest BCUT2D eigenvalue weighted by atomic mass is 10.1. The van der Waals surface area contributed by atoms with Crippen molar-refractivity contribution >= 4 is 21.9 Å². The van der Waals surface area contributed by atoms with Crippen LogP contribution in [0.25, 0.3) is 0 Å². The van der Waals surface area contributed by atoms with Crippen molar-refractivity contribution in [3.8, 4) is 5.75 Å². The summed E-state index contributed by atoms with van der Waals surface area (Å²) in [6.07, 6.45) is 1.08. The summed E-state index contributed by atoms with van der Waals surface area (Å²) in [6.45, 7) is 3.23. The highest BCUT2D eigenvalue weighted by Crippen LogP contribution is 2.26. The molecular weight excluding hydrogens is 360 g/mol. The first kappa shape index (κ1) is 20.2. The van der Waals surface area contributed by atoms with Gasteiger partial charge in [0.1, 0.15) is 11.8 Å². The molecular formula is C17H24N2O6S. The molecule has 1 aromatic rings. The van der Waals surface area contributed by atoms with Crippen molar-refractivity contribution < 1.29 is 27.9 Å². The van der Waals surface area contributed by atoms with Gasteiger partial charge in [-0.15, -0.1) is 0 Å². The molecule has 0 radical (unpaired) electrons. The number of hydrogen-bond acceptors (Lipinski definition) is 5. The molecule has 1 amide bonds. The first-order valence-corrected chi connectivity index (χ1v) is 10.0. The Hall–Kier alpha value is -2.13. The van der Waals surface area contributed by atoms with Gasteiger partial charge in [-0.1, -0.05) is 12.1 Å². The Kier molecular flexibility index (Phi) is 6.60. The molecule has 9 heteroatoms. The van der Waals surface area contributed by atoms with Gasteiger partial charge in [0.25, 0.3) is 0 Å². The van der Waals surface area contributed by atoms with E-state index in [2.05, 4.69) is 5.32 Å². The Morgan fingerprint density at radius 3 is 2.77 bits per heavy atom. The van der Waals surface area contributed by atoms with Crippen molar-refractivity contribution in [1.29, 1.82) is 0 Å². The minimum atomic E-state index is -3.81. The highest BCUT2D eigenvalue weighted by atomic mass is 32.2. The van der Waals surface area contributed by atoms with E-state index in [-0.39, 0.29) is 31.2 Å². The standard InChI is InChI=1S/C17H24N2O6S/c1-12(17(21)22)19(8-7-18-13(2)20)26(23,24)10-6-14-3-4-16-15(11-14)5-9-25-16/h3-4,11-12H,5-10H2,1-2H3,(H,18,20)(H,21,22). The van der Waals surface area contributed by atoms with Gasteiger partial charge in [-0.3, -0.25) is 9.59 Å². The normalized spacial score (nSPS) is 14.6. The van der Waals surface area contributed by atoms with Crippen LogP contribution >= 0.6 is 0 Å². The van der Waals surface area contributed by atoms with E-state index in [9.17, 15) is 23.1 Å². The van der Waals surface area contributed by atoms with E-state index >= 15 is 0 Å². The lowest BCUT2D eigenvalue weighted by molar-refractivity contribution is -0.140. The number of rotatable bonds is 9. The van der Waals surface area contributed by atoms with Gasteiger partial charge in [-0.05, 0) is 30.5 Å². The van der Waals surface area contributed by atoms with E-state index in [0.29, 0.717) is 6.61 Å². The van der Waals surface area contributed by atoms with Crippen LogP contribution in [0.4, 0.5) is 0 Å². The van der Waals surface area contributed by atoms with Crippen molar-refractivity contribution in [2.45, 2.75) is 32.7 Å². The fourth-order valence-corrected chi connectivity index (χ4v) is 4.47. The van der Waals surface area contributed by atoms with Crippen LogP contribution in [0.3, 0.4) is 0 Å². The minimum Gasteiger partial charge on any atom is -0.493 e. The molecule has 0 saturated heterocycles. The molecule has 0 aromatic heterocycles. The lowest BCUT2D eigenvalue weighted by Crippen LogP contribution is -2.47. The SMILES string of the molecule is CC(=O)NCCN(C(C)C(=O)O)S(=O)(=O)CCc1ccc2c(c1)CCO2. The third-order valence-corrected chi connectivity index (χ3v) is 6.19. The van der Waals surface area contributed by atoms with Crippen LogP contribution in [0.15, 0.2) is 18.2 Å². The molecule has 144 valence electrons. The van der Waals surface area contributed by atoms with E-state index in [1.165, 1.54) is 13.8 Å². The Morgan fingerprint density at radius 2 is 2.12 bits per heavy atom. The van der Waals surface area contributed by atoms with Crippen LogP contribution in [0, 0.1) is 0 Å². The third-order valence-electron chi connectivity index (χ3n) is 4.26. The molecule has 1 atom stereocenters. The van der Waals surface area contributed by atoms with Gasteiger partial charge in [0.2, 0.25) is 15.9 Å². The number of hydrogen-bond donors (Lipinski definition) is 2. The fraction of sp³-hybridized carbons (Fsp3) is 0.529. The molecule has 0 fully saturated rings. The van der Waals surface area contributed by atoms with E-state index in [0.717, 1.165) is 27.6 Å². The molecule has 1 aliphatic heterocycles. The summed E-state index contributed by atoms with van der Waals surface area (Å²) >= 11 is 0. The molecule has 1 aliphatic rings. The fourth-order valence-electron chi connectivity index (χ4n) is 2.80. The molecule has 0 aliphatic carbocycles. The quantitative estimate of drug-likeness (QED) is 0.637. The van der Waals surface area contributed by atoms with Crippen molar-refractivity contribution in [2.75, 3.05) is 25.4 Å². The Morgan fingerprint density at radius 1 is 1.38 bits per heavy atom. The first-order valence-electron chi connectivity index (χ1n) is 8.42. The first-order chi connectivity index (χ1) is 12.2. The average molecular weight is 384 g/mol. The predicted molar refractivity (Wildman–Crippen MR) is 95.6 cm³/mol. The molecule has 2 rings (SSSR count). The maximum absolute atomic E-state index is 12.7. The number of fused-ring (bicyclic) bond motifs is 1. The highest BCUT2D eigenvalue weighted by Gasteiger charge is 2.31. The zero-order valence-electron chi connectivity index (χ0n) is 14.9. The monoisotopic (exact) mass is 384 g/mol. The van der Waals surface area contributed by atoms with Crippen LogP contribution in [0.2, 0.25) is 0 Å². The molecule has 26 heavy (non-hydrogen) atoms. The van der Waals surface area contributed by atoms with Crippen molar-refractivity contribution in [1.82, 2.24) is 9.62 Å². The number of carbonyl (C=O) groups is 2. The predicted octanol–water partition coefficient (Wildman–Crippen LogP) is 0.405. The van der Waals surface area contributed by atoms with E-state index in [4.69, 9.17) is 4.74 Å². The number of aliphatic carboxylic acids is 1. The Bertz CT molecular complexity index is 777. The van der Waals surface area contributed by atoms with E-state index in [1.54, 1.807) is 0 Å². The molecule has 1 heterocycles. The maximum atomic E-state index is 12.7. The number of carboxylic acid groups (broad SMARTS) is 1. The number of sulfonamides is 1. The van der Waals surface area contributed by atoms with E-state index in [1.807, 2.05) is 18.2 Å². The second-order valence-electron chi connectivity index (χ2n) is 6.21. The van der Waals surface area contributed by atoms with Crippen LogP contribution < -0.4 is 10.1 Å². The number of carbonyl (C=O) groups excluding carboxylic acids is 1. The number of aryl methyl sites for hydroxylation is 1. The smallest absolute Gasteiger partial charge is 0.321 e. The molecule has 0 saturated carbocycles. The average Bonchev–Trinajstić information content (AvgIpc) is 3.03. The second kappa shape index (κ2) is 8.50. The largest absolute Gasteiger partial charge is 0.493 e. The summed E-state index contributed by atoms with van der Waals surface area (Å²) in [5.41, 5.74) is 1.92. The van der Waals surface area contributed by atoms with Crippen LogP contribution in [0.5, 0.6) is 5.75 Å². The van der Waals surface area contributed by atoms with Crippen LogP contribution in [0.1, 0.15) is 25.0 Å². The van der Waals surface area contributed by atoms with Gasteiger partial charge >= 0.3 is 5.97 Å². The highest BCUT2D eigenvalue weighted by molar-refractivity contribution is 7.89. The molecule has 8 nitrogen and oxygen atoms in total. The topological polar surface area (TPSA) is 113 Å². The number of nitrogens with one attached hydrogen (secondary N) is 1. The van der Waals surface area contributed by atoms with E-state index < -0.39 is 22.0 Å². The Balaban J connectivity index is 2.07. The summed E-state index contributed by atoms with van der Waals surface area (Å²) in [4.78, 5) is 22.3. The van der Waals surface area contributed by atoms with Gasteiger partial charge in [-0.2, -0.15) is 4.31 Å². The van der Waals surface area contributed by atoms with Gasteiger partial charge in [0.15, 0.2) is 0 Å². The Labute approximate surface area is 153 Å². The molecule has 0 bridgehead atoms. The lowest BCUT2D eigenvalue weighted by Gasteiger charge is -2.25. The molecule has 2 N–H and O–H groups in total. The minimum absolute atomic E-state index is 0.0579. The zero-order valence-corrected chi connectivity index (χ0v) is 15.7. The summed E-state index contributed by atoms with van der Waals surface area (Å²) in [7, 11) is -3.81. The van der Waals surface area contributed by atoms with Gasteiger partial charge in [0, 0.05) is 26.4 Å². The van der Waals surface area contributed by atoms with Gasteiger partial charge < -0.3 is 15.2 Å². The van der Waals surface area contributed by atoms with Crippen molar-refractivity contribution in [3.05, 3.63) is 29.3 Å². The number of nitrogens with zero attached hydrogens (tertiary/aromatic N) is 1. The van der Waals surface area contributed by atoms with Crippen molar-refractivity contribution in [2.24, 2.45) is 0 Å². The van der Waals surface area contributed by atoms with Gasteiger partial charge in [-0.25, -0.2) is 8.42 Å². The van der Waals surface area contributed by atoms with Gasteiger partial charge in [0.05, 0.1) is 12.4 Å². The molecule has 1 unspecified atom stereocenters. The number of ether oxygens (including phenoxy) is 1. The second-order valence-corrected chi connectivity index (χ2v) is 8.26. The maximum Gasteiger partial charge on any atom is 0.321 e. The zero-order chi connectivity index (χ0) is 19.3. The summed E-state index contributed by atoms with van der Waals surface area (Å²) in [5, 5.41) is 11.7. The summed E-state index contributed by atoms with van der Waals surface area (Å²) in [6, 6.07) is 4.38. The molecule has 0 spiro atoms. The number of benzene rings is 1. The summed E-state index contributed by atoms with van der Waals surface area (Å²) in [5.74, 6) is -0.908.